The summed E-state index contributed by atoms with van der Waals surface area (Å²) in [7, 11) is 0. The molecule has 0 radical (unpaired) electrons. The first kappa shape index (κ1) is 17.9. The molecule has 0 aliphatic carbocycles. The molecule has 1 saturated heterocycles. The average molecular weight is 357 g/mol. The minimum Gasteiger partial charge on any atom is -0.352 e. The Balaban J connectivity index is 0.00000192. The van der Waals surface area contributed by atoms with Crippen LogP contribution in [0.25, 0.3) is 10.2 Å². The molecule has 1 amide bonds. The van der Waals surface area contributed by atoms with E-state index in [1.807, 2.05) is 13.8 Å². The number of aromatic amines is 1. The SMILES string of the molecule is Cc1sc2nc(CCC(=O)NC3CCNC3)[nH]c(=O)c2c1C.Cl. The standard InChI is InChI=1S/C15H20N4O2S.ClH/c1-8-9(2)22-15-13(8)14(21)18-11(19-15)3-4-12(20)17-10-5-6-16-7-10;/h10,16H,3-7H2,1-2H3,(H,17,20)(H,18,19,21);1H. The van der Waals surface area contributed by atoms with Crippen LogP contribution in [0.4, 0.5) is 0 Å². The van der Waals surface area contributed by atoms with Gasteiger partial charge in [-0.3, -0.25) is 9.59 Å². The molecule has 1 aliphatic heterocycles. The van der Waals surface area contributed by atoms with Crippen LogP contribution < -0.4 is 16.2 Å². The lowest BCUT2D eigenvalue weighted by Crippen LogP contribution is -2.36. The van der Waals surface area contributed by atoms with Gasteiger partial charge < -0.3 is 15.6 Å². The highest BCUT2D eigenvalue weighted by Crippen LogP contribution is 2.25. The molecule has 3 N–H and O–H groups in total. The minimum absolute atomic E-state index is 0. The van der Waals surface area contributed by atoms with E-state index in [9.17, 15) is 9.59 Å². The topological polar surface area (TPSA) is 86.9 Å². The molecular formula is C15H21ClN4O2S. The van der Waals surface area contributed by atoms with Crippen LogP contribution in [-0.4, -0.2) is 35.0 Å². The fourth-order valence-electron chi connectivity index (χ4n) is 2.73. The summed E-state index contributed by atoms with van der Waals surface area (Å²) in [5.41, 5.74) is 0.883. The highest BCUT2D eigenvalue weighted by molar-refractivity contribution is 7.18. The van der Waals surface area contributed by atoms with Crippen LogP contribution in [0.15, 0.2) is 4.79 Å². The van der Waals surface area contributed by atoms with Crippen molar-refractivity contribution in [3.63, 3.8) is 0 Å². The Bertz CT molecular complexity index is 765. The third-order valence-electron chi connectivity index (χ3n) is 4.10. The number of aryl methyl sites for hydroxylation is 3. The second-order valence-corrected chi connectivity index (χ2v) is 6.94. The zero-order valence-corrected chi connectivity index (χ0v) is 14.8. The van der Waals surface area contributed by atoms with Gasteiger partial charge in [-0.25, -0.2) is 4.98 Å². The van der Waals surface area contributed by atoms with E-state index in [1.165, 1.54) is 11.3 Å². The van der Waals surface area contributed by atoms with Crippen LogP contribution in [0.1, 0.15) is 29.1 Å². The number of nitrogens with zero attached hydrogens (tertiary/aromatic N) is 1. The summed E-state index contributed by atoms with van der Waals surface area (Å²) in [6.07, 6.45) is 1.77. The molecule has 1 atom stereocenters. The van der Waals surface area contributed by atoms with Gasteiger partial charge in [0, 0.05) is 30.3 Å². The maximum absolute atomic E-state index is 12.2. The number of thiophene rings is 1. The first-order valence-corrected chi connectivity index (χ1v) is 8.35. The van der Waals surface area contributed by atoms with Crippen molar-refractivity contribution in [1.29, 1.82) is 0 Å². The number of hydrogen-bond donors (Lipinski definition) is 3. The van der Waals surface area contributed by atoms with Crippen LogP contribution >= 0.6 is 23.7 Å². The van der Waals surface area contributed by atoms with E-state index < -0.39 is 0 Å². The summed E-state index contributed by atoms with van der Waals surface area (Å²) in [5.74, 6) is 0.591. The largest absolute Gasteiger partial charge is 0.352 e. The van der Waals surface area contributed by atoms with E-state index in [1.54, 1.807) is 0 Å². The number of nitrogens with one attached hydrogen (secondary N) is 3. The summed E-state index contributed by atoms with van der Waals surface area (Å²) in [5, 5.41) is 6.88. The maximum Gasteiger partial charge on any atom is 0.259 e. The quantitative estimate of drug-likeness (QED) is 0.773. The lowest BCUT2D eigenvalue weighted by molar-refractivity contribution is -0.121. The van der Waals surface area contributed by atoms with Gasteiger partial charge in [0.05, 0.1) is 5.39 Å². The van der Waals surface area contributed by atoms with Gasteiger partial charge in [0.1, 0.15) is 10.7 Å². The van der Waals surface area contributed by atoms with Crippen molar-refractivity contribution in [2.24, 2.45) is 0 Å². The van der Waals surface area contributed by atoms with Crippen molar-refractivity contribution in [3.05, 3.63) is 26.6 Å². The van der Waals surface area contributed by atoms with Gasteiger partial charge in [0.2, 0.25) is 5.91 Å². The summed E-state index contributed by atoms with van der Waals surface area (Å²) in [6.45, 7) is 5.71. The number of hydrogen-bond acceptors (Lipinski definition) is 5. The van der Waals surface area contributed by atoms with Crippen LogP contribution in [0.3, 0.4) is 0 Å². The van der Waals surface area contributed by atoms with Gasteiger partial charge >= 0.3 is 0 Å². The number of halogens is 1. The van der Waals surface area contributed by atoms with Crippen molar-refractivity contribution in [3.8, 4) is 0 Å². The number of carbonyl (C=O) groups is 1. The Kier molecular flexibility index (Phi) is 5.78. The summed E-state index contributed by atoms with van der Waals surface area (Å²) in [4.78, 5) is 33.2. The summed E-state index contributed by atoms with van der Waals surface area (Å²) >= 11 is 1.53. The maximum atomic E-state index is 12.2. The average Bonchev–Trinajstić information content (AvgIpc) is 3.06. The third kappa shape index (κ3) is 3.91. The molecule has 6 nitrogen and oxygen atoms in total. The van der Waals surface area contributed by atoms with Crippen molar-refractivity contribution in [1.82, 2.24) is 20.6 Å². The van der Waals surface area contributed by atoms with Crippen molar-refractivity contribution in [2.75, 3.05) is 13.1 Å². The number of amides is 1. The van der Waals surface area contributed by atoms with Gasteiger partial charge in [-0.2, -0.15) is 0 Å². The molecule has 0 aromatic carbocycles. The Morgan fingerprint density at radius 1 is 1.43 bits per heavy atom. The second-order valence-electron chi connectivity index (χ2n) is 5.73. The molecule has 0 bridgehead atoms. The second kappa shape index (κ2) is 7.42. The molecule has 1 fully saturated rings. The van der Waals surface area contributed by atoms with Crippen LogP contribution in [-0.2, 0) is 11.2 Å². The van der Waals surface area contributed by atoms with Crippen molar-refractivity contribution in [2.45, 2.75) is 39.2 Å². The molecule has 1 unspecified atom stereocenters. The minimum atomic E-state index is -0.109. The van der Waals surface area contributed by atoms with Gasteiger partial charge in [0.15, 0.2) is 0 Å². The van der Waals surface area contributed by atoms with Crippen LogP contribution in [0.5, 0.6) is 0 Å². The normalized spacial score (nSPS) is 17.2. The number of carbonyl (C=O) groups excluding carboxylic acids is 1. The predicted octanol–water partition coefficient (Wildman–Crippen LogP) is 1.43. The molecule has 3 rings (SSSR count). The molecule has 3 heterocycles. The Morgan fingerprint density at radius 2 is 2.22 bits per heavy atom. The molecule has 2 aromatic rings. The van der Waals surface area contributed by atoms with E-state index in [0.29, 0.717) is 24.1 Å². The van der Waals surface area contributed by atoms with Crippen LogP contribution in [0.2, 0.25) is 0 Å². The number of aromatic nitrogens is 2. The van der Waals surface area contributed by atoms with Gasteiger partial charge in [-0.15, -0.1) is 23.7 Å². The molecule has 126 valence electrons. The predicted molar refractivity (Wildman–Crippen MR) is 94.7 cm³/mol. The van der Waals surface area contributed by atoms with Crippen molar-refractivity contribution < 1.29 is 4.79 Å². The van der Waals surface area contributed by atoms with E-state index in [-0.39, 0.29) is 29.9 Å². The Morgan fingerprint density at radius 3 is 2.91 bits per heavy atom. The summed E-state index contributed by atoms with van der Waals surface area (Å²) in [6, 6.07) is 0.226. The van der Waals surface area contributed by atoms with Gasteiger partial charge in [0.25, 0.3) is 5.56 Å². The Hall–Kier alpha value is -1.44. The first-order valence-electron chi connectivity index (χ1n) is 7.53. The number of fused-ring (bicyclic) bond motifs is 1. The smallest absolute Gasteiger partial charge is 0.259 e. The molecule has 23 heavy (non-hydrogen) atoms. The van der Waals surface area contributed by atoms with Gasteiger partial charge in [-0.1, -0.05) is 0 Å². The summed E-state index contributed by atoms with van der Waals surface area (Å²) < 4.78 is 0. The van der Waals surface area contributed by atoms with E-state index in [2.05, 4.69) is 20.6 Å². The lowest BCUT2D eigenvalue weighted by atomic mass is 10.2. The molecule has 1 aliphatic rings. The van der Waals surface area contributed by atoms with E-state index >= 15 is 0 Å². The Labute approximate surface area is 144 Å². The molecular weight excluding hydrogens is 336 g/mol. The van der Waals surface area contributed by atoms with E-state index in [0.717, 1.165) is 34.8 Å². The highest BCUT2D eigenvalue weighted by Gasteiger charge is 2.17. The third-order valence-corrected chi connectivity index (χ3v) is 5.20. The lowest BCUT2D eigenvalue weighted by Gasteiger charge is -2.10. The monoisotopic (exact) mass is 356 g/mol. The van der Waals surface area contributed by atoms with Crippen LogP contribution in [0, 0.1) is 13.8 Å². The van der Waals surface area contributed by atoms with E-state index in [4.69, 9.17) is 0 Å². The highest BCUT2D eigenvalue weighted by atomic mass is 35.5. The molecule has 2 aromatic heterocycles. The zero-order valence-electron chi connectivity index (χ0n) is 13.2. The molecule has 8 heteroatoms. The van der Waals surface area contributed by atoms with Gasteiger partial charge in [-0.05, 0) is 32.4 Å². The zero-order chi connectivity index (χ0) is 15.7. The fraction of sp³-hybridized carbons (Fsp3) is 0.533. The fourth-order valence-corrected chi connectivity index (χ4v) is 3.78. The number of H-pyrrole nitrogens is 1. The molecule has 0 saturated carbocycles. The molecule has 0 spiro atoms. The number of rotatable bonds is 4. The first-order chi connectivity index (χ1) is 10.5. The van der Waals surface area contributed by atoms with Crippen molar-refractivity contribution >= 4 is 39.9 Å².